The summed E-state index contributed by atoms with van der Waals surface area (Å²) in [5.41, 5.74) is 5.33. The van der Waals surface area contributed by atoms with Gasteiger partial charge in [-0.1, -0.05) is 127 Å². The molecular formula is C35H67N2O7P. The normalized spacial score (nSPS) is 15.6. The van der Waals surface area contributed by atoms with Crippen LogP contribution in [0.25, 0.3) is 0 Å². The number of allylic oxidation sites excluding steroid dienone is 5. The number of carbonyl (C=O) groups is 1. The molecule has 4 unspecified atom stereocenters. The number of hydrogen-bond donors (Lipinski definition) is 5. The fraction of sp³-hybridized carbons (Fsp3) is 0.800. The van der Waals surface area contributed by atoms with Gasteiger partial charge in [0.1, 0.15) is 0 Å². The van der Waals surface area contributed by atoms with E-state index in [-0.39, 0.29) is 19.6 Å². The van der Waals surface area contributed by atoms with E-state index in [9.17, 15) is 24.5 Å². The molecule has 0 bridgehead atoms. The second-order valence-corrected chi connectivity index (χ2v) is 13.4. The number of carbonyl (C=O) groups excluding carboxylic acids is 1. The smallest absolute Gasteiger partial charge is 0.393 e. The highest BCUT2D eigenvalue weighted by molar-refractivity contribution is 7.47. The average Bonchev–Trinajstić information content (AvgIpc) is 3.01. The van der Waals surface area contributed by atoms with E-state index < -0.39 is 38.6 Å². The van der Waals surface area contributed by atoms with Gasteiger partial charge < -0.3 is 26.2 Å². The molecule has 45 heavy (non-hydrogen) atoms. The SMILES string of the molecule is CCCCCCC/C=C/CC/C=C/CC/C=C/C(O)C(COP(=O)(O)OCCN)NC(=O)CC(O)CCCCCCCCCC. The number of nitrogens with one attached hydrogen (secondary N) is 1. The topological polar surface area (TPSA) is 151 Å². The summed E-state index contributed by atoms with van der Waals surface area (Å²) >= 11 is 0. The predicted octanol–water partition coefficient (Wildman–Crippen LogP) is 7.80. The van der Waals surface area contributed by atoms with Crippen LogP contribution >= 0.6 is 7.82 Å². The number of rotatable bonds is 32. The molecule has 4 atom stereocenters. The van der Waals surface area contributed by atoms with Crippen LogP contribution in [0.1, 0.15) is 142 Å². The largest absolute Gasteiger partial charge is 0.472 e. The number of amides is 1. The summed E-state index contributed by atoms with van der Waals surface area (Å²) in [6.07, 6.45) is 31.0. The maximum Gasteiger partial charge on any atom is 0.472 e. The second-order valence-electron chi connectivity index (χ2n) is 11.9. The van der Waals surface area contributed by atoms with Crippen molar-refractivity contribution in [1.82, 2.24) is 5.32 Å². The van der Waals surface area contributed by atoms with Gasteiger partial charge in [-0.3, -0.25) is 13.8 Å². The molecule has 0 aromatic rings. The lowest BCUT2D eigenvalue weighted by Crippen LogP contribution is -2.46. The highest BCUT2D eigenvalue weighted by Crippen LogP contribution is 2.43. The Hall–Kier alpha value is -1.32. The third-order valence-corrected chi connectivity index (χ3v) is 8.49. The quantitative estimate of drug-likeness (QED) is 0.0279. The van der Waals surface area contributed by atoms with Crippen molar-refractivity contribution in [3.8, 4) is 0 Å². The van der Waals surface area contributed by atoms with Gasteiger partial charge in [-0.25, -0.2) is 4.57 Å². The number of phosphoric ester groups is 1. The summed E-state index contributed by atoms with van der Waals surface area (Å²) in [5, 5.41) is 23.8. The van der Waals surface area contributed by atoms with Gasteiger partial charge in [0.2, 0.25) is 5.91 Å². The number of hydrogen-bond acceptors (Lipinski definition) is 7. The van der Waals surface area contributed by atoms with E-state index in [2.05, 4.69) is 43.5 Å². The van der Waals surface area contributed by atoms with Gasteiger partial charge in [0.15, 0.2) is 0 Å². The Labute approximate surface area is 274 Å². The van der Waals surface area contributed by atoms with Crippen LogP contribution in [-0.4, -0.2) is 59.0 Å². The van der Waals surface area contributed by atoms with E-state index in [1.54, 1.807) is 6.08 Å². The lowest BCUT2D eigenvalue weighted by Gasteiger charge is -2.24. The van der Waals surface area contributed by atoms with Crippen molar-refractivity contribution in [3.05, 3.63) is 36.5 Å². The van der Waals surface area contributed by atoms with Crippen LogP contribution < -0.4 is 11.1 Å². The zero-order valence-corrected chi connectivity index (χ0v) is 29.4. The average molecular weight is 659 g/mol. The number of aliphatic hydroxyl groups is 2. The standard InChI is InChI=1S/C35H67N2O7P/c1-3-5-7-9-11-13-14-15-16-17-18-19-21-23-25-27-34(39)33(31-44-45(41,42)43-29-28-36)37-35(40)30-32(38)26-24-22-20-12-10-8-6-4-2/h14-15,18-19,25,27,32-34,38-39H,3-13,16-17,20-24,26,28-31,36H2,1-2H3,(H,37,40)(H,41,42)/b15-14+,19-18+,27-25+. The van der Waals surface area contributed by atoms with Crippen molar-refractivity contribution in [2.75, 3.05) is 19.8 Å². The molecule has 0 aliphatic carbocycles. The molecule has 0 aliphatic rings. The summed E-state index contributed by atoms with van der Waals surface area (Å²) < 4.78 is 21.9. The third-order valence-electron chi connectivity index (χ3n) is 7.50. The molecule has 0 spiro atoms. The minimum absolute atomic E-state index is 0.0422. The third kappa shape index (κ3) is 29.8. The maximum absolute atomic E-state index is 12.7. The molecule has 0 saturated heterocycles. The molecule has 0 rings (SSSR count). The monoisotopic (exact) mass is 658 g/mol. The first-order valence-corrected chi connectivity index (χ1v) is 19.2. The summed E-state index contributed by atoms with van der Waals surface area (Å²) in [4.78, 5) is 22.5. The van der Waals surface area contributed by atoms with Crippen LogP contribution in [0.3, 0.4) is 0 Å². The van der Waals surface area contributed by atoms with E-state index in [0.29, 0.717) is 12.8 Å². The van der Waals surface area contributed by atoms with Gasteiger partial charge in [0.25, 0.3) is 0 Å². The van der Waals surface area contributed by atoms with Crippen LogP contribution in [0.4, 0.5) is 0 Å². The van der Waals surface area contributed by atoms with Gasteiger partial charge in [-0.2, -0.15) is 0 Å². The Bertz CT molecular complexity index is 822. The minimum atomic E-state index is -4.40. The highest BCUT2D eigenvalue weighted by Gasteiger charge is 2.27. The molecule has 0 fully saturated rings. The fourth-order valence-electron chi connectivity index (χ4n) is 4.79. The van der Waals surface area contributed by atoms with Crippen LogP contribution in [0.15, 0.2) is 36.5 Å². The summed E-state index contributed by atoms with van der Waals surface area (Å²) in [5.74, 6) is -0.466. The molecule has 9 nitrogen and oxygen atoms in total. The molecule has 0 aliphatic heterocycles. The number of aliphatic hydroxyl groups excluding tert-OH is 2. The Morgan fingerprint density at radius 2 is 1.27 bits per heavy atom. The molecule has 1 amide bonds. The first kappa shape index (κ1) is 43.7. The van der Waals surface area contributed by atoms with Gasteiger partial charge >= 0.3 is 7.82 Å². The van der Waals surface area contributed by atoms with Crippen molar-refractivity contribution >= 4 is 13.7 Å². The van der Waals surface area contributed by atoms with Gasteiger partial charge in [0.05, 0.1) is 37.9 Å². The van der Waals surface area contributed by atoms with Crippen molar-refractivity contribution in [3.63, 3.8) is 0 Å². The Morgan fingerprint density at radius 1 is 0.756 bits per heavy atom. The molecule has 0 heterocycles. The molecule has 0 saturated carbocycles. The van der Waals surface area contributed by atoms with E-state index >= 15 is 0 Å². The molecule has 0 aromatic heterocycles. The van der Waals surface area contributed by atoms with Crippen molar-refractivity contribution < 1.29 is 33.5 Å². The summed E-state index contributed by atoms with van der Waals surface area (Å²) in [6, 6.07) is -1.00. The minimum Gasteiger partial charge on any atom is -0.393 e. The first-order chi connectivity index (χ1) is 21.8. The van der Waals surface area contributed by atoms with E-state index in [0.717, 1.165) is 44.9 Å². The molecular weight excluding hydrogens is 591 g/mol. The fourth-order valence-corrected chi connectivity index (χ4v) is 5.55. The van der Waals surface area contributed by atoms with Crippen LogP contribution in [0.2, 0.25) is 0 Å². The molecule has 264 valence electrons. The number of nitrogens with two attached hydrogens (primary N) is 1. The van der Waals surface area contributed by atoms with E-state index in [1.807, 2.05) is 6.08 Å². The lowest BCUT2D eigenvalue weighted by atomic mass is 10.0. The van der Waals surface area contributed by atoms with Crippen molar-refractivity contribution in [1.29, 1.82) is 0 Å². The van der Waals surface area contributed by atoms with Crippen LogP contribution in [-0.2, 0) is 18.4 Å². The Kier molecular flexibility index (Phi) is 30.4. The molecule has 10 heteroatoms. The van der Waals surface area contributed by atoms with Gasteiger partial charge in [-0.05, 0) is 44.9 Å². The van der Waals surface area contributed by atoms with E-state index in [4.69, 9.17) is 14.8 Å². The highest BCUT2D eigenvalue weighted by atomic mass is 31.2. The lowest BCUT2D eigenvalue weighted by molar-refractivity contribution is -0.124. The molecule has 0 radical (unpaired) electrons. The Balaban J connectivity index is 4.59. The van der Waals surface area contributed by atoms with Gasteiger partial charge in [0, 0.05) is 6.54 Å². The maximum atomic E-state index is 12.7. The second kappa shape index (κ2) is 31.3. The van der Waals surface area contributed by atoms with E-state index in [1.165, 1.54) is 64.2 Å². The summed E-state index contributed by atoms with van der Waals surface area (Å²) in [6.45, 7) is 3.86. The molecule has 6 N–H and O–H groups in total. The van der Waals surface area contributed by atoms with Crippen LogP contribution in [0, 0.1) is 0 Å². The van der Waals surface area contributed by atoms with Crippen molar-refractivity contribution in [2.24, 2.45) is 5.73 Å². The van der Waals surface area contributed by atoms with Crippen molar-refractivity contribution in [2.45, 2.75) is 161 Å². The van der Waals surface area contributed by atoms with Gasteiger partial charge in [-0.15, -0.1) is 0 Å². The zero-order chi connectivity index (χ0) is 33.4. The first-order valence-electron chi connectivity index (χ1n) is 17.7. The molecule has 0 aromatic carbocycles. The van der Waals surface area contributed by atoms with Crippen LogP contribution in [0.5, 0.6) is 0 Å². The zero-order valence-electron chi connectivity index (χ0n) is 28.5. The Morgan fingerprint density at radius 3 is 1.84 bits per heavy atom. The number of unbranched alkanes of at least 4 members (excludes halogenated alkanes) is 14. The predicted molar refractivity (Wildman–Crippen MR) is 186 cm³/mol. The number of phosphoric acid groups is 1. The summed E-state index contributed by atoms with van der Waals surface area (Å²) in [7, 11) is -4.40.